The summed E-state index contributed by atoms with van der Waals surface area (Å²) in [5, 5.41) is 11.2. The van der Waals surface area contributed by atoms with Gasteiger partial charge in [0.1, 0.15) is 12.4 Å². The van der Waals surface area contributed by atoms with Gasteiger partial charge in [0.05, 0.1) is 11.4 Å². The summed E-state index contributed by atoms with van der Waals surface area (Å²) in [6, 6.07) is 13.4. The summed E-state index contributed by atoms with van der Waals surface area (Å²) in [6.45, 7) is 2.56. The number of ether oxygens (including phenoxy) is 1. The molecule has 1 amide bonds. The second-order valence-electron chi connectivity index (χ2n) is 5.17. The molecule has 0 atom stereocenters. The summed E-state index contributed by atoms with van der Waals surface area (Å²) in [6.07, 6.45) is 0.818. The lowest BCUT2D eigenvalue weighted by Gasteiger charge is -2.12. The number of carbonyl (C=O) groups excluding carboxylic acids is 1. The van der Waals surface area contributed by atoms with Crippen molar-refractivity contribution < 1.29 is 9.53 Å². The highest BCUT2D eigenvalue weighted by Gasteiger charge is 2.04. The van der Waals surface area contributed by atoms with Gasteiger partial charge < -0.3 is 20.7 Å². The van der Waals surface area contributed by atoms with E-state index >= 15 is 0 Å². The van der Waals surface area contributed by atoms with Crippen LogP contribution in [0.4, 0.5) is 0 Å². The van der Waals surface area contributed by atoms with Crippen molar-refractivity contribution in [2.24, 2.45) is 4.99 Å². The molecular weight excluding hydrogens is 463 g/mol. The molecule has 0 aliphatic heterocycles. The molecule has 8 heteroatoms. The molecule has 0 bridgehead atoms. The first-order valence-electron chi connectivity index (χ1n) is 8.23. The first-order chi connectivity index (χ1) is 12.3. The van der Waals surface area contributed by atoms with Crippen LogP contribution in [0.1, 0.15) is 16.1 Å². The molecule has 0 saturated heterocycles. The number of aliphatic imine (C=N–C) groups is 1. The van der Waals surface area contributed by atoms with E-state index in [4.69, 9.17) is 4.74 Å². The first kappa shape index (κ1) is 22.2. The van der Waals surface area contributed by atoms with Gasteiger partial charge in [-0.05, 0) is 30.0 Å². The van der Waals surface area contributed by atoms with Crippen molar-refractivity contribution in [3.8, 4) is 5.75 Å². The van der Waals surface area contributed by atoms with Gasteiger partial charge in [0.25, 0.3) is 5.91 Å². The minimum Gasteiger partial charge on any atom is -0.492 e. The molecule has 0 radical (unpaired) electrons. The van der Waals surface area contributed by atoms with Gasteiger partial charge in [-0.25, -0.2) is 0 Å². The van der Waals surface area contributed by atoms with Gasteiger partial charge >= 0.3 is 0 Å². The first-order valence-corrected chi connectivity index (χ1v) is 9.11. The number of thiophene rings is 1. The third-order valence-electron chi connectivity index (χ3n) is 3.31. The maximum atomic E-state index is 11.8. The number of rotatable bonds is 9. The van der Waals surface area contributed by atoms with E-state index < -0.39 is 0 Å². The maximum Gasteiger partial charge on any atom is 0.261 e. The normalized spacial score (nSPS) is 10.6. The van der Waals surface area contributed by atoms with Crippen LogP contribution >= 0.6 is 35.3 Å². The van der Waals surface area contributed by atoms with Crippen molar-refractivity contribution in [1.82, 2.24) is 16.0 Å². The quantitative estimate of drug-likeness (QED) is 0.220. The number of benzene rings is 1. The minimum absolute atomic E-state index is 0. The van der Waals surface area contributed by atoms with Crippen molar-refractivity contribution in [2.75, 3.05) is 33.3 Å². The predicted molar refractivity (Wildman–Crippen MR) is 118 cm³/mol. The Kier molecular flexibility index (Phi) is 11.5. The third-order valence-corrected chi connectivity index (χ3v) is 4.18. The molecular formula is C18H25IN4O2S. The summed E-state index contributed by atoms with van der Waals surface area (Å²) >= 11 is 1.44. The Morgan fingerprint density at radius 1 is 1.04 bits per heavy atom. The van der Waals surface area contributed by atoms with Gasteiger partial charge in [0.15, 0.2) is 5.96 Å². The standard InChI is InChI=1S/C18H24N4O2S.HI/c1-19-18(22-12-13-24-15-7-3-2-4-8-15)21-11-6-10-20-17(23)16-9-5-14-25-16;/h2-5,7-9,14H,6,10-13H2,1H3,(H,20,23)(H2,19,21,22);1H. The second-order valence-corrected chi connectivity index (χ2v) is 6.12. The number of amides is 1. The maximum absolute atomic E-state index is 11.8. The second kappa shape index (κ2) is 13.4. The number of nitrogens with one attached hydrogen (secondary N) is 3. The Balaban J connectivity index is 0.00000338. The zero-order valence-electron chi connectivity index (χ0n) is 14.7. The number of para-hydroxylation sites is 1. The van der Waals surface area contributed by atoms with Gasteiger partial charge in [-0.3, -0.25) is 9.79 Å². The van der Waals surface area contributed by atoms with Gasteiger partial charge in [-0.2, -0.15) is 0 Å². The Labute approximate surface area is 175 Å². The molecule has 1 aromatic heterocycles. The number of hydrogen-bond donors (Lipinski definition) is 3. The topological polar surface area (TPSA) is 74.8 Å². The van der Waals surface area contributed by atoms with Gasteiger partial charge in [0.2, 0.25) is 0 Å². The van der Waals surface area contributed by atoms with Crippen LogP contribution in [0.2, 0.25) is 0 Å². The van der Waals surface area contributed by atoms with Crippen LogP contribution in [0.3, 0.4) is 0 Å². The van der Waals surface area contributed by atoms with E-state index in [9.17, 15) is 4.79 Å². The molecule has 142 valence electrons. The highest BCUT2D eigenvalue weighted by molar-refractivity contribution is 14.0. The summed E-state index contributed by atoms with van der Waals surface area (Å²) in [7, 11) is 1.73. The van der Waals surface area contributed by atoms with Crippen molar-refractivity contribution in [2.45, 2.75) is 6.42 Å². The molecule has 2 aromatic rings. The molecule has 0 spiro atoms. The van der Waals surface area contributed by atoms with Crippen molar-refractivity contribution in [3.63, 3.8) is 0 Å². The van der Waals surface area contributed by atoms with E-state index in [-0.39, 0.29) is 29.9 Å². The van der Waals surface area contributed by atoms with E-state index in [1.807, 2.05) is 47.8 Å². The van der Waals surface area contributed by atoms with Crippen molar-refractivity contribution in [3.05, 3.63) is 52.7 Å². The zero-order chi connectivity index (χ0) is 17.7. The minimum atomic E-state index is -0.0180. The molecule has 0 unspecified atom stereocenters. The van der Waals surface area contributed by atoms with E-state index in [0.29, 0.717) is 19.7 Å². The number of hydrogen-bond acceptors (Lipinski definition) is 4. The predicted octanol–water partition coefficient (Wildman–Crippen LogP) is 2.73. The Hall–Kier alpha value is -1.81. The molecule has 2 rings (SSSR count). The van der Waals surface area contributed by atoms with Crippen LogP contribution in [0.25, 0.3) is 0 Å². The van der Waals surface area contributed by atoms with Crippen LogP contribution in [0, 0.1) is 0 Å². The smallest absolute Gasteiger partial charge is 0.261 e. The van der Waals surface area contributed by atoms with E-state index in [1.165, 1.54) is 11.3 Å². The monoisotopic (exact) mass is 488 g/mol. The zero-order valence-corrected chi connectivity index (χ0v) is 17.9. The van der Waals surface area contributed by atoms with E-state index in [1.54, 1.807) is 7.05 Å². The molecule has 0 aliphatic rings. The fourth-order valence-corrected chi connectivity index (χ4v) is 2.71. The Morgan fingerprint density at radius 2 is 1.77 bits per heavy atom. The average Bonchev–Trinajstić information content (AvgIpc) is 3.18. The lowest BCUT2D eigenvalue weighted by molar-refractivity contribution is 0.0957. The van der Waals surface area contributed by atoms with Gasteiger partial charge in [-0.15, -0.1) is 35.3 Å². The molecule has 0 saturated carbocycles. The van der Waals surface area contributed by atoms with Crippen LogP contribution < -0.4 is 20.7 Å². The lowest BCUT2D eigenvalue weighted by atomic mass is 10.3. The van der Waals surface area contributed by atoms with E-state index in [2.05, 4.69) is 20.9 Å². The fraction of sp³-hybridized carbons (Fsp3) is 0.333. The SMILES string of the molecule is CN=C(NCCCNC(=O)c1cccs1)NCCOc1ccccc1.I. The highest BCUT2D eigenvalue weighted by Crippen LogP contribution is 2.08. The van der Waals surface area contributed by atoms with Gasteiger partial charge in [0, 0.05) is 20.1 Å². The largest absolute Gasteiger partial charge is 0.492 e. The van der Waals surface area contributed by atoms with Gasteiger partial charge in [-0.1, -0.05) is 24.3 Å². The average molecular weight is 488 g/mol. The van der Waals surface area contributed by atoms with Crippen molar-refractivity contribution in [1.29, 1.82) is 0 Å². The number of nitrogens with zero attached hydrogens (tertiary/aromatic N) is 1. The van der Waals surface area contributed by atoms with Crippen LogP contribution in [0.5, 0.6) is 5.75 Å². The van der Waals surface area contributed by atoms with Crippen LogP contribution in [0.15, 0.2) is 52.8 Å². The van der Waals surface area contributed by atoms with Crippen LogP contribution in [-0.2, 0) is 0 Å². The molecule has 1 aromatic carbocycles. The van der Waals surface area contributed by atoms with Crippen molar-refractivity contribution >= 4 is 47.2 Å². The van der Waals surface area contributed by atoms with E-state index in [0.717, 1.165) is 29.6 Å². The molecule has 0 aliphatic carbocycles. The third kappa shape index (κ3) is 8.52. The highest BCUT2D eigenvalue weighted by atomic mass is 127. The Morgan fingerprint density at radius 3 is 2.46 bits per heavy atom. The molecule has 3 N–H and O–H groups in total. The molecule has 0 fully saturated rings. The summed E-state index contributed by atoms with van der Waals surface area (Å²) in [4.78, 5) is 16.7. The number of halogens is 1. The Bertz CT molecular complexity index is 650. The molecule has 26 heavy (non-hydrogen) atoms. The summed E-state index contributed by atoms with van der Waals surface area (Å²) in [5.74, 6) is 1.56. The fourth-order valence-electron chi connectivity index (χ4n) is 2.07. The number of guanidine groups is 1. The summed E-state index contributed by atoms with van der Waals surface area (Å²) in [5.41, 5.74) is 0. The number of carbonyl (C=O) groups is 1. The van der Waals surface area contributed by atoms with Crippen LogP contribution in [-0.4, -0.2) is 45.2 Å². The summed E-state index contributed by atoms with van der Waals surface area (Å²) < 4.78 is 5.61. The molecule has 6 nitrogen and oxygen atoms in total. The molecule has 1 heterocycles. The lowest BCUT2D eigenvalue weighted by Crippen LogP contribution is -2.40.